The molecule has 1 fully saturated rings. The quantitative estimate of drug-likeness (QED) is 0.308. The van der Waals surface area contributed by atoms with Crippen LogP contribution in [0.2, 0.25) is 0 Å². The molecule has 2 aromatic heterocycles. The second-order valence-corrected chi connectivity index (χ2v) is 10.5. The molecule has 3 heterocycles. The van der Waals surface area contributed by atoms with Gasteiger partial charge in [0.25, 0.3) is 0 Å². The molecular formula is C32H33N5. The normalized spacial score (nSPS) is 16.2. The van der Waals surface area contributed by atoms with E-state index in [0.717, 1.165) is 69.9 Å². The van der Waals surface area contributed by atoms with E-state index in [4.69, 9.17) is 0 Å². The van der Waals surface area contributed by atoms with E-state index in [1.165, 1.54) is 38.9 Å². The number of aryl methyl sites for hydroxylation is 4. The summed E-state index contributed by atoms with van der Waals surface area (Å²) < 4.78 is 4.52. The maximum Gasteiger partial charge on any atom is 0.236 e. The molecule has 0 amide bonds. The Morgan fingerprint density at radius 2 is 1.30 bits per heavy atom. The molecule has 1 aliphatic heterocycles. The number of imidazole rings is 1. The topological polar surface area (TPSA) is 38.4 Å². The van der Waals surface area contributed by atoms with E-state index >= 15 is 0 Å². The Morgan fingerprint density at radius 1 is 0.676 bits per heavy atom. The maximum absolute atomic E-state index is 4.48. The number of rotatable bonds is 4. The first-order chi connectivity index (χ1) is 18.3. The fourth-order valence-corrected chi connectivity index (χ4v) is 6.53. The standard InChI is InChI=1S/C32H33N5/c1-23-33-34-32-36(29-13-6-7-14-30(29)37(23)32)20-8-19-35-21-17-26(18-22-35)31-27-11-4-2-9-24(27)15-16-25-10-3-5-12-28(25)31/h2-7,9-14H,8,15-22H2,1H3. The van der Waals surface area contributed by atoms with Gasteiger partial charge in [-0.2, -0.15) is 0 Å². The minimum atomic E-state index is 0.947. The molecule has 0 saturated carbocycles. The van der Waals surface area contributed by atoms with Gasteiger partial charge in [-0.15, -0.1) is 10.2 Å². The Labute approximate surface area is 218 Å². The molecule has 2 aliphatic rings. The van der Waals surface area contributed by atoms with Crippen LogP contribution in [0.3, 0.4) is 0 Å². The SMILES string of the molecule is Cc1nnc2n(CCCN3CCC(=C4c5ccccc5CCc5ccccc54)CC3)c3ccccc3n12. The summed E-state index contributed by atoms with van der Waals surface area (Å²) in [6.45, 7) is 6.37. The number of para-hydroxylation sites is 2. The number of piperidine rings is 1. The van der Waals surface area contributed by atoms with Crippen LogP contribution in [0.4, 0.5) is 0 Å². The molecule has 37 heavy (non-hydrogen) atoms. The van der Waals surface area contributed by atoms with Gasteiger partial charge >= 0.3 is 0 Å². The first-order valence-electron chi connectivity index (χ1n) is 13.7. The minimum absolute atomic E-state index is 0.947. The lowest BCUT2D eigenvalue weighted by Crippen LogP contribution is -2.32. The van der Waals surface area contributed by atoms with Gasteiger partial charge in [-0.25, -0.2) is 0 Å². The minimum Gasteiger partial charge on any atom is -0.308 e. The summed E-state index contributed by atoms with van der Waals surface area (Å²) in [4.78, 5) is 2.65. The third kappa shape index (κ3) is 3.89. The molecule has 1 saturated heterocycles. The molecule has 3 aromatic carbocycles. The van der Waals surface area contributed by atoms with Gasteiger partial charge in [-0.1, -0.05) is 66.2 Å². The van der Waals surface area contributed by atoms with Gasteiger partial charge in [-0.05, 0) is 85.5 Å². The van der Waals surface area contributed by atoms with Crippen LogP contribution < -0.4 is 0 Å². The highest BCUT2D eigenvalue weighted by atomic mass is 15.3. The molecule has 0 bridgehead atoms. The number of fused-ring (bicyclic) bond motifs is 5. The van der Waals surface area contributed by atoms with Crippen molar-refractivity contribution in [1.82, 2.24) is 24.1 Å². The molecule has 0 spiro atoms. The summed E-state index contributed by atoms with van der Waals surface area (Å²) in [5.41, 5.74) is 11.5. The smallest absolute Gasteiger partial charge is 0.236 e. The number of likely N-dealkylation sites (tertiary alicyclic amines) is 1. The number of nitrogens with zero attached hydrogens (tertiary/aromatic N) is 5. The summed E-state index contributed by atoms with van der Waals surface area (Å²) in [5.74, 6) is 1.90. The number of benzene rings is 3. The third-order valence-corrected chi connectivity index (χ3v) is 8.37. The Bertz CT molecular complexity index is 1580. The van der Waals surface area contributed by atoms with E-state index < -0.39 is 0 Å². The van der Waals surface area contributed by atoms with Crippen LogP contribution in [0, 0.1) is 6.92 Å². The molecule has 0 atom stereocenters. The fourth-order valence-electron chi connectivity index (χ4n) is 6.53. The largest absolute Gasteiger partial charge is 0.308 e. The van der Waals surface area contributed by atoms with Crippen LogP contribution >= 0.6 is 0 Å². The van der Waals surface area contributed by atoms with Crippen LogP contribution in [0.15, 0.2) is 78.4 Å². The van der Waals surface area contributed by atoms with Crippen molar-refractivity contribution in [3.05, 3.63) is 106 Å². The van der Waals surface area contributed by atoms with Gasteiger partial charge in [-0.3, -0.25) is 4.40 Å². The van der Waals surface area contributed by atoms with E-state index in [2.05, 4.69) is 96.9 Å². The third-order valence-electron chi connectivity index (χ3n) is 8.37. The van der Waals surface area contributed by atoms with E-state index in [-0.39, 0.29) is 0 Å². The monoisotopic (exact) mass is 487 g/mol. The summed E-state index contributed by atoms with van der Waals surface area (Å²) in [6, 6.07) is 26.7. The molecule has 0 radical (unpaired) electrons. The summed E-state index contributed by atoms with van der Waals surface area (Å²) >= 11 is 0. The molecule has 0 unspecified atom stereocenters. The molecule has 5 aromatic rings. The van der Waals surface area contributed by atoms with Gasteiger partial charge in [0.05, 0.1) is 11.0 Å². The Hall–Kier alpha value is -3.70. The van der Waals surface area contributed by atoms with Crippen molar-refractivity contribution in [1.29, 1.82) is 0 Å². The van der Waals surface area contributed by atoms with Crippen molar-refractivity contribution in [2.45, 2.75) is 45.6 Å². The predicted molar refractivity (Wildman–Crippen MR) is 150 cm³/mol. The van der Waals surface area contributed by atoms with Crippen molar-refractivity contribution in [2.75, 3.05) is 19.6 Å². The second-order valence-electron chi connectivity index (χ2n) is 10.5. The molecule has 186 valence electrons. The lowest BCUT2D eigenvalue weighted by molar-refractivity contribution is 0.250. The highest BCUT2D eigenvalue weighted by molar-refractivity contribution is 5.86. The number of hydrogen-bond donors (Lipinski definition) is 0. The first kappa shape index (κ1) is 22.5. The van der Waals surface area contributed by atoms with Crippen molar-refractivity contribution in [3.8, 4) is 0 Å². The van der Waals surface area contributed by atoms with Crippen molar-refractivity contribution < 1.29 is 0 Å². The van der Waals surface area contributed by atoms with Gasteiger partial charge in [0, 0.05) is 19.6 Å². The zero-order valence-corrected chi connectivity index (χ0v) is 21.5. The van der Waals surface area contributed by atoms with Gasteiger partial charge in [0.1, 0.15) is 5.82 Å². The highest BCUT2D eigenvalue weighted by Gasteiger charge is 2.24. The first-order valence-corrected chi connectivity index (χ1v) is 13.7. The molecule has 0 N–H and O–H groups in total. The van der Waals surface area contributed by atoms with E-state index in [0.29, 0.717) is 0 Å². The maximum atomic E-state index is 4.48. The Balaban J connectivity index is 1.09. The molecule has 5 nitrogen and oxygen atoms in total. The van der Waals surface area contributed by atoms with Crippen molar-refractivity contribution in [2.24, 2.45) is 0 Å². The van der Waals surface area contributed by atoms with Crippen molar-refractivity contribution in [3.63, 3.8) is 0 Å². The van der Waals surface area contributed by atoms with Crippen LogP contribution in [0.5, 0.6) is 0 Å². The van der Waals surface area contributed by atoms with Crippen LogP contribution in [-0.2, 0) is 19.4 Å². The lowest BCUT2D eigenvalue weighted by Gasteiger charge is -2.30. The van der Waals surface area contributed by atoms with Gasteiger partial charge in [0.15, 0.2) is 0 Å². The predicted octanol–water partition coefficient (Wildman–Crippen LogP) is 6.08. The zero-order chi connectivity index (χ0) is 24.8. The fraction of sp³-hybridized carbons (Fsp3) is 0.312. The number of hydrogen-bond acceptors (Lipinski definition) is 3. The molecular weight excluding hydrogens is 454 g/mol. The lowest BCUT2D eigenvalue weighted by atomic mass is 9.86. The van der Waals surface area contributed by atoms with E-state index in [1.807, 2.05) is 6.92 Å². The van der Waals surface area contributed by atoms with Gasteiger partial charge in [0.2, 0.25) is 5.78 Å². The molecule has 5 heteroatoms. The summed E-state index contributed by atoms with van der Waals surface area (Å²) in [7, 11) is 0. The Kier molecular flexibility index (Phi) is 5.66. The summed E-state index contributed by atoms with van der Waals surface area (Å²) in [6.07, 6.45) is 5.67. The zero-order valence-electron chi connectivity index (χ0n) is 21.5. The van der Waals surface area contributed by atoms with Crippen LogP contribution in [0.1, 0.15) is 47.3 Å². The van der Waals surface area contributed by atoms with Crippen LogP contribution in [0.25, 0.3) is 22.4 Å². The molecule has 7 rings (SSSR count). The van der Waals surface area contributed by atoms with Gasteiger partial charge < -0.3 is 9.47 Å². The van der Waals surface area contributed by atoms with E-state index in [1.54, 1.807) is 5.57 Å². The Morgan fingerprint density at radius 3 is 2.00 bits per heavy atom. The highest BCUT2D eigenvalue weighted by Crippen LogP contribution is 2.38. The average molecular weight is 488 g/mol. The van der Waals surface area contributed by atoms with E-state index in [9.17, 15) is 0 Å². The number of aromatic nitrogens is 4. The second kappa shape index (κ2) is 9.31. The summed E-state index contributed by atoms with van der Waals surface area (Å²) in [5, 5.41) is 8.82. The van der Waals surface area contributed by atoms with Crippen molar-refractivity contribution >= 4 is 22.4 Å². The van der Waals surface area contributed by atoms with Crippen LogP contribution in [-0.4, -0.2) is 43.7 Å². The molecule has 1 aliphatic carbocycles. The average Bonchev–Trinajstić information content (AvgIpc) is 3.41.